The molecule has 2 aliphatic rings. The van der Waals surface area contributed by atoms with Crippen molar-refractivity contribution in [1.82, 2.24) is 20.3 Å². The number of aryl methyl sites for hydroxylation is 1. The molecule has 2 heterocycles. The van der Waals surface area contributed by atoms with Gasteiger partial charge in [0.2, 0.25) is 0 Å². The van der Waals surface area contributed by atoms with Crippen LogP contribution in [0, 0.1) is 11.3 Å². The summed E-state index contributed by atoms with van der Waals surface area (Å²) in [4.78, 5) is 0. The smallest absolute Gasteiger partial charge is 0.0829 e. The van der Waals surface area contributed by atoms with Crippen molar-refractivity contribution in [2.45, 2.75) is 32.1 Å². The van der Waals surface area contributed by atoms with Gasteiger partial charge in [0.15, 0.2) is 0 Å². The van der Waals surface area contributed by atoms with Crippen molar-refractivity contribution in [3.63, 3.8) is 0 Å². The molecule has 0 unspecified atom stereocenters. The minimum absolute atomic E-state index is 0.693. The van der Waals surface area contributed by atoms with E-state index >= 15 is 0 Å². The summed E-state index contributed by atoms with van der Waals surface area (Å²) in [6, 6.07) is 0. The first-order valence-corrected chi connectivity index (χ1v) is 6.32. The molecule has 2 fully saturated rings. The van der Waals surface area contributed by atoms with Gasteiger partial charge in [-0.05, 0) is 56.5 Å². The number of aromatic nitrogens is 3. The van der Waals surface area contributed by atoms with Gasteiger partial charge in [0, 0.05) is 13.2 Å². The normalized spacial score (nSPS) is 24.6. The molecule has 1 aromatic rings. The van der Waals surface area contributed by atoms with Crippen LogP contribution < -0.4 is 5.32 Å². The van der Waals surface area contributed by atoms with Crippen LogP contribution in [0.15, 0.2) is 6.20 Å². The Morgan fingerprint density at radius 2 is 2.19 bits per heavy atom. The highest BCUT2D eigenvalue weighted by molar-refractivity contribution is 5.02. The highest BCUT2D eigenvalue weighted by Crippen LogP contribution is 2.52. The second kappa shape index (κ2) is 3.84. The van der Waals surface area contributed by atoms with Gasteiger partial charge in [-0.3, -0.25) is 4.68 Å². The molecular weight excluding hydrogens is 200 g/mol. The van der Waals surface area contributed by atoms with E-state index in [9.17, 15) is 0 Å². The van der Waals surface area contributed by atoms with Crippen LogP contribution >= 0.6 is 0 Å². The molecule has 1 saturated carbocycles. The number of rotatable bonds is 2. The van der Waals surface area contributed by atoms with Gasteiger partial charge in [-0.15, -0.1) is 5.10 Å². The maximum absolute atomic E-state index is 4.17. The van der Waals surface area contributed by atoms with Crippen LogP contribution in [-0.4, -0.2) is 28.1 Å². The molecule has 1 N–H and O–H groups in total. The number of nitrogens with one attached hydrogen (secondary N) is 1. The van der Waals surface area contributed by atoms with Crippen LogP contribution in [0.3, 0.4) is 0 Å². The molecule has 0 amide bonds. The van der Waals surface area contributed by atoms with Crippen LogP contribution in [0.2, 0.25) is 0 Å². The lowest BCUT2D eigenvalue weighted by molar-refractivity contribution is 0.0216. The Balaban J connectivity index is 1.53. The molecule has 1 aliphatic heterocycles. The zero-order chi connectivity index (χ0) is 11.0. The Morgan fingerprint density at radius 1 is 1.44 bits per heavy atom. The van der Waals surface area contributed by atoms with Crippen LogP contribution in [0.5, 0.6) is 0 Å². The molecule has 1 aliphatic carbocycles. The first kappa shape index (κ1) is 10.3. The minimum Gasteiger partial charge on any atom is -0.317 e. The van der Waals surface area contributed by atoms with Gasteiger partial charge in [0.25, 0.3) is 0 Å². The average molecular weight is 220 g/mol. The summed E-state index contributed by atoms with van der Waals surface area (Å²) in [5.74, 6) is 0.856. The fourth-order valence-electron chi connectivity index (χ4n) is 3.46. The highest BCUT2D eigenvalue weighted by Gasteiger charge is 2.44. The van der Waals surface area contributed by atoms with Crippen LogP contribution in [-0.2, 0) is 13.5 Å². The fourth-order valence-corrected chi connectivity index (χ4v) is 3.46. The predicted molar refractivity (Wildman–Crippen MR) is 62.0 cm³/mol. The summed E-state index contributed by atoms with van der Waals surface area (Å²) in [6.45, 7) is 2.44. The van der Waals surface area contributed by atoms with E-state index in [0.717, 1.165) is 18.0 Å². The molecule has 4 nitrogen and oxygen atoms in total. The largest absolute Gasteiger partial charge is 0.317 e. The zero-order valence-electron chi connectivity index (χ0n) is 9.95. The Morgan fingerprint density at radius 3 is 2.81 bits per heavy atom. The highest BCUT2D eigenvalue weighted by atomic mass is 15.4. The third kappa shape index (κ3) is 1.86. The molecule has 16 heavy (non-hydrogen) atoms. The van der Waals surface area contributed by atoms with Crippen LogP contribution in [0.4, 0.5) is 0 Å². The Bertz CT molecular complexity index is 357. The molecule has 0 bridgehead atoms. The third-order valence-corrected chi connectivity index (χ3v) is 4.26. The number of nitrogens with zero attached hydrogens (tertiary/aromatic N) is 3. The van der Waals surface area contributed by atoms with Gasteiger partial charge in [0.1, 0.15) is 0 Å². The van der Waals surface area contributed by atoms with E-state index in [1.54, 1.807) is 4.68 Å². The van der Waals surface area contributed by atoms with E-state index in [4.69, 9.17) is 0 Å². The number of piperidine rings is 1. The van der Waals surface area contributed by atoms with E-state index in [-0.39, 0.29) is 0 Å². The van der Waals surface area contributed by atoms with Gasteiger partial charge >= 0.3 is 0 Å². The second-order valence-corrected chi connectivity index (χ2v) is 5.61. The van der Waals surface area contributed by atoms with Crippen molar-refractivity contribution in [1.29, 1.82) is 0 Å². The van der Waals surface area contributed by atoms with Gasteiger partial charge in [-0.25, -0.2) is 0 Å². The van der Waals surface area contributed by atoms with E-state index in [2.05, 4.69) is 15.6 Å². The van der Waals surface area contributed by atoms with E-state index in [1.165, 1.54) is 38.8 Å². The summed E-state index contributed by atoms with van der Waals surface area (Å²) in [5, 5.41) is 11.6. The first-order chi connectivity index (χ1) is 7.76. The molecule has 1 saturated heterocycles. The lowest BCUT2D eigenvalue weighted by Gasteiger charge is -2.50. The lowest BCUT2D eigenvalue weighted by atomic mass is 9.57. The van der Waals surface area contributed by atoms with E-state index in [1.807, 2.05) is 13.2 Å². The van der Waals surface area contributed by atoms with Crippen molar-refractivity contribution in [2.75, 3.05) is 13.1 Å². The molecule has 1 aromatic heterocycles. The fraction of sp³-hybridized carbons (Fsp3) is 0.833. The first-order valence-electron chi connectivity index (χ1n) is 6.32. The zero-order valence-corrected chi connectivity index (χ0v) is 9.95. The molecule has 1 spiro atoms. The maximum Gasteiger partial charge on any atom is 0.0829 e. The van der Waals surface area contributed by atoms with Crippen molar-refractivity contribution in [3.05, 3.63) is 11.9 Å². The summed E-state index contributed by atoms with van der Waals surface area (Å²) in [6.07, 6.45) is 8.75. The van der Waals surface area contributed by atoms with Gasteiger partial charge in [-0.2, -0.15) is 0 Å². The van der Waals surface area contributed by atoms with Crippen molar-refractivity contribution in [2.24, 2.45) is 18.4 Å². The SMILES string of the molecule is Cn1cc(CC2CC3(CCNCC3)C2)nn1. The summed E-state index contributed by atoms with van der Waals surface area (Å²) >= 11 is 0. The summed E-state index contributed by atoms with van der Waals surface area (Å²) in [7, 11) is 1.94. The van der Waals surface area contributed by atoms with Crippen LogP contribution in [0.1, 0.15) is 31.4 Å². The van der Waals surface area contributed by atoms with E-state index in [0.29, 0.717) is 5.41 Å². The standard InChI is InChI=1S/C12H20N4/c1-16-9-11(14-15-16)6-10-7-12(8-10)2-4-13-5-3-12/h9-10,13H,2-8H2,1H3. The monoisotopic (exact) mass is 220 g/mol. The summed E-state index contributed by atoms with van der Waals surface area (Å²) in [5.41, 5.74) is 1.86. The predicted octanol–water partition coefficient (Wildman–Crippen LogP) is 1.14. The second-order valence-electron chi connectivity index (χ2n) is 5.61. The topological polar surface area (TPSA) is 42.7 Å². The Labute approximate surface area is 96.4 Å². The molecule has 0 aromatic carbocycles. The van der Waals surface area contributed by atoms with Gasteiger partial charge < -0.3 is 5.32 Å². The third-order valence-electron chi connectivity index (χ3n) is 4.26. The quantitative estimate of drug-likeness (QED) is 0.812. The van der Waals surface area contributed by atoms with Crippen LogP contribution in [0.25, 0.3) is 0 Å². The van der Waals surface area contributed by atoms with E-state index < -0.39 is 0 Å². The molecule has 88 valence electrons. The summed E-state index contributed by atoms with van der Waals surface area (Å²) < 4.78 is 1.80. The molecule has 0 radical (unpaired) electrons. The Kier molecular flexibility index (Phi) is 2.46. The Hall–Kier alpha value is -0.900. The molecular formula is C12H20N4. The number of hydrogen-bond acceptors (Lipinski definition) is 3. The van der Waals surface area contributed by atoms with Gasteiger partial charge in [-0.1, -0.05) is 5.21 Å². The van der Waals surface area contributed by atoms with Gasteiger partial charge in [0.05, 0.1) is 5.69 Å². The van der Waals surface area contributed by atoms with Crippen molar-refractivity contribution >= 4 is 0 Å². The molecule has 3 rings (SSSR count). The van der Waals surface area contributed by atoms with Crippen molar-refractivity contribution < 1.29 is 0 Å². The lowest BCUT2D eigenvalue weighted by Crippen LogP contribution is -2.46. The minimum atomic E-state index is 0.693. The average Bonchev–Trinajstić information content (AvgIpc) is 2.63. The molecule has 4 heteroatoms. The van der Waals surface area contributed by atoms with Crippen molar-refractivity contribution in [3.8, 4) is 0 Å². The molecule has 0 atom stereocenters. The number of hydrogen-bond donors (Lipinski definition) is 1. The maximum atomic E-state index is 4.17.